The Bertz CT molecular complexity index is 1360. The van der Waals surface area contributed by atoms with Gasteiger partial charge in [-0.3, -0.25) is 4.90 Å². The SMILES string of the molecule is NC1CCN(CCOc2c3[nH]c4ccc(F)cc4c3cc3c2[nH]c2ccc(F)cc23)C1. The number of fused-ring (bicyclic) bond motifs is 6. The van der Waals surface area contributed by atoms with Crippen LogP contribution in [0, 0.1) is 11.6 Å². The number of hydrogen-bond donors (Lipinski definition) is 3. The van der Waals surface area contributed by atoms with E-state index in [4.69, 9.17) is 10.5 Å². The van der Waals surface area contributed by atoms with Crippen LogP contribution in [0.3, 0.4) is 0 Å². The Labute approximate surface area is 176 Å². The molecule has 0 aliphatic carbocycles. The van der Waals surface area contributed by atoms with Crippen molar-refractivity contribution in [1.82, 2.24) is 14.9 Å². The van der Waals surface area contributed by atoms with Crippen molar-refractivity contribution in [2.24, 2.45) is 5.73 Å². The van der Waals surface area contributed by atoms with Gasteiger partial charge in [-0.15, -0.1) is 0 Å². The van der Waals surface area contributed by atoms with Crippen molar-refractivity contribution < 1.29 is 13.5 Å². The minimum atomic E-state index is -0.300. The fourth-order valence-corrected chi connectivity index (χ4v) is 4.78. The maximum Gasteiger partial charge on any atom is 0.167 e. The molecule has 5 nitrogen and oxygen atoms in total. The average molecular weight is 420 g/mol. The van der Waals surface area contributed by atoms with Crippen LogP contribution < -0.4 is 10.5 Å². The van der Waals surface area contributed by atoms with Crippen molar-refractivity contribution in [3.63, 3.8) is 0 Å². The molecule has 1 unspecified atom stereocenters. The topological polar surface area (TPSA) is 70.1 Å². The van der Waals surface area contributed by atoms with Gasteiger partial charge < -0.3 is 20.4 Å². The number of hydrogen-bond acceptors (Lipinski definition) is 3. The number of ether oxygens (including phenoxy) is 1. The smallest absolute Gasteiger partial charge is 0.167 e. The number of H-pyrrole nitrogens is 2. The van der Waals surface area contributed by atoms with Crippen LogP contribution in [0.1, 0.15) is 6.42 Å². The lowest BCUT2D eigenvalue weighted by atomic mass is 10.1. The maximum atomic E-state index is 14.0. The first-order valence-corrected chi connectivity index (χ1v) is 10.5. The molecule has 0 amide bonds. The summed E-state index contributed by atoms with van der Waals surface area (Å²) >= 11 is 0. The van der Waals surface area contributed by atoms with Crippen molar-refractivity contribution in [2.75, 3.05) is 26.2 Å². The summed E-state index contributed by atoms with van der Waals surface area (Å²) in [5.41, 5.74) is 9.28. The molecule has 1 atom stereocenters. The summed E-state index contributed by atoms with van der Waals surface area (Å²) in [6.07, 6.45) is 1.00. The van der Waals surface area contributed by atoms with E-state index in [2.05, 4.69) is 14.9 Å². The van der Waals surface area contributed by atoms with E-state index in [1.807, 2.05) is 6.07 Å². The van der Waals surface area contributed by atoms with E-state index < -0.39 is 0 Å². The quantitative estimate of drug-likeness (QED) is 0.397. The highest BCUT2D eigenvalue weighted by atomic mass is 19.1. The van der Waals surface area contributed by atoms with Gasteiger partial charge in [0, 0.05) is 51.7 Å². The molecule has 158 valence electrons. The van der Waals surface area contributed by atoms with Gasteiger partial charge in [0.15, 0.2) is 5.75 Å². The summed E-state index contributed by atoms with van der Waals surface area (Å²) in [6, 6.07) is 11.6. The van der Waals surface area contributed by atoms with Crippen LogP contribution >= 0.6 is 0 Å². The van der Waals surface area contributed by atoms with Gasteiger partial charge in [0.2, 0.25) is 0 Å². The molecule has 1 aliphatic heterocycles. The highest BCUT2D eigenvalue weighted by Crippen LogP contribution is 2.41. The zero-order chi connectivity index (χ0) is 21.1. The third-order valence-electron chi connectivity index (χ3n) is 6.31. The third-order valence-corrected chi connectivity index (χ3v) is 6.31. The number of aromatic amines is 2. The largest absolute Gasteiger partial charge is 0.488 e. The second kappa shape index (κ2) is 6.93. The minimum absolute atomic E-state index is 0.224. The summed E-state index contributed by atoms with van der Waals surface area (Å²) in [5.74, 6) is 0.0711. The van der Waals surface area contributed by atoms with Crippen molar-refractivity contribution in [3.05, 3.63) is 54.1 Å². The average Bonchev–Trinajstić information content (AvgIpc) is 3.43. The van der Waals surface area contributed by atoms with Gasteiger partial charge >= 0.3 is 0 Å². The Balaban J connectivity index is 1.53. The molecule has 1 saturated heterocycles. The monoisotopic (exact) mass is 420 g/mol. The number of aromatic nitrogens is 2. The van der Waals surface area contributed by atoms with Gasteiger partial charge in [0.25, 0.3) is 0 Å². The second-order valence-corrected chi connectivity index (χ2v) is 8.38. The first kappa shape index (κ1) is 18.6. The molecule has 3 aromatic carbocycles. The molecule has 6 rings (SSSR count). The maximum absolute atomic E-state index is 14.0. The van der Waals surface area contributed by atoms with E-state index in [0.29, 0.717) is 12.4 Å². The molecule has 4 N–H and O–H groups in total. The van der Waals surface area contributed by atoms with Gasteiger partial charge in [-0.25, -0.2) is 8.78 Å². The van der Waals surface area contributed by atoms with Crippen LogP contribution in [0.4, 0.5) is 8.78 Å². The highest BCUT2D eigenvalue weighted by molar-refractivity contribution is 6.20. The highest BCUT2D eigenvalue weighted by Gasteiger charge is 2.21. The van der Waals surface area contributed by atoms with Gasteiger partial charge in [-0.2, -0.15) is 0 Å². The molecule has 3 heterocycles. The van der Waals surface area contributed by atoms with Crippen LogP contribution in [-0.2, 0) is 0 Å². The molecule has 5 aromatic rings. The lowest BCUT2D eigenvalue weighted by Gasteiger charge is -2.16. The van der Waals surface area contributed by atoms with E-state index in [9.17, 15) is 8.78 Å². The van der Waals surface area contributed by atoms with Crippen LogP contribution in [0.15, 0.2) is 42.5 Å². The minimum Gasteiger partial charge on any atom is -0.488 e. The fraction of sp³-hybridized carbons (Fsp3) is 0.250. The van der Waals surface area contributed by atoms with Crippen LogP contribution in [0.2, 0.25) is 0 Å². The zero-order valence-electron chi connectivity index (χ0n) is 16.8. The molecular formula is C24H22F2N4O. The van der Waals surface area contributed by atoms with Gasteiger partial charge in [-0.05, 0) is 55.4 Å². The number of halogens is 2. The van der Waals surface area contributed by atoms with Gasteiger partial charge in [0.1, 0.15) is 18.2 Å². The summed E-state index contributed by atoms with van der Waals surface area (Å²) < 4.78 is 34.3. The van der Waals surface area contributed by atoms with Gasteiger partial charge in [-0.1, -0.05) is 0 Å². The molecule has 0 saturated carbocycles. The number of likely N-dealkylation sites (tertiary alicyclic amines) is 1. The lowest BCUT2D eigenvalue weighted by Crippen LogP contribution is -2.29. The number of nitrogens with two attached hydrogens (primary N) is 1. The number of nitrogens with zero attached hydrogens (tertiary/aromatic N) is 1. The molecule has 0 radical (unpaired) electrons. The molecule has 1 aliphatic rings. The Kier molecular flexibility index (Phi) is 4.16. The molecule has 2 aromatic heterocycles. The fourth-order valence-electron chi connectivity index (χ4n) is 4.78. The van der Waals surface area contributed by atoms with Crippen molar-refractivity contribution in [1.29, 1.82) is 0 Å². The van der Waals surface area contributed by atoms with Crippen LogP contribution in [0.5, 0.6) is 5.75 Å². The predicted molar refractivity (Wildman–Crippen MR) is 120 cm³/mol. The third kappa shape index (κ3) is 3.04. The van der Waals surface area contributed by atoms with E-state index in [1.165, 1.54) is 24.3 Å². The van der Waals surface area contributed by atoms with E-state index in [-0.39, 0.29) is 17.7 Å². The Morgan fingerprint density at radius 1 is 0.903 bits per heavy atom. The molecule has 1 fully saturated rings. The van der Waals surface area contributed by atoms with E-state index >= 15 is 0 Å². The summed E-state index contributed by atoms with van der Waals surface area (Å²) in [5, 5.41) is 3.26. The van der Waals surface area contributed by atoms with Crippen molar-refractivity contribution in [2.45, 2.75) is 12.5 Å². The molecule has 0 spiro atoms. The first-order chi connectivity index (χ1) is 15.1. The Morgan fingerprint density at radius 3 is 2.06 bits per heavy atom. The standard InChI is InChI=1S/C24H22F2N4O/c25-13-1-3-20-16(9-13)18-11-19-17-10-14(26)2-4-21(17)29-23(19)24(22(18)28-20)31-8-7-30-6-5-15(27)12-30/h1-4,9-11,15,28-29H,5-8,12,27H2. The van der Waals surface area contributed by atoms with Gasteiger partial charge in [0.05, 0.1) is 11.0 Å². The predicted octanol–water partition coefficient (Wildman–Crippen LogP) is 4.65. The Hall–Kier alpha value is -3.16. The molecular weight excluding hydrogens is 398 g/mol. The van der Waals surface area contributed by atoms with Crippen molar-refractivity contribution in [3.8, 4) is 5.75 Å². The number of rotatable bonds is 4. The molecule has 7 heteroatoms. The van der Waals surface area contributed by atoms with Crippen LogP contribution in [0.25, 0.3) is 43.6 Å². The lowest BCUT2D eigenvalue weighted by molar-refractivity contribution is 0.239. The number of benzene rings is 3. The molecule has 0 bridgehead atoms. The summed E-state index contributed by atoms with van der Waals surface area (Å²) in [7, 11) is 0. The normalized spacial score (nSPS) is 17.6. The van der Waals surface area contributed by atoms with E-state index in [0.717, 1.165) is 69.7 Å². The van der Waals surface area contributed by atoms with Crippen LogP contribution in [-0.4, -0.2) is 47.2 Å². The first-order valence-electron chi connectivity index (χ1n) is 10.5. The Morgan fingerprint density at radius 2 is 1.52 bits per heavy atom. The van der Waals surface area contributed by atoms with Crippen molar-refractivity contribution >= 4 is 43.6 Å². The van der Waals surface area contributed by atoms with E-state index in [1.54, 1.807) is 12.1 Å². The number of nitrogens with one attached hydrogen (secondary N) is 2. The summed E-state index contributed by atoms with van der Waals surface area (Å²) in [4.78, 5) is 9.07. The molecule has 31 heavy (non-hydrogen) atoms. The summed E-state index contributed by atoms with van der Waals surface area (Å²) in [6.45, 7) is 3.12. The second-order valence-electron chi connectivity index (χ2n) is 8.38. The zero-order valence-corrected chi connectivity index (χ0v) is 16.8.